The van der Waals surface area contributed by atoms with Crippen LogP contribution in [0.5, 0.6) is 0 Å². The number of hydrogen-bond donors (Lipinski definition) is 3. The minimum atomic E-state index is -1.02. The Morgan fingerprint density at radius 1 is 0.929 bits per heavy atom. The molecule has 28 heavy (non-hydrogen) atoms. The monoisotopic (exact) mass is 380 g/mol. The summed E-state index contributed by atoms with van der Waals surface area (Å²) in [6, 6.07) is 13.3. The third-order valence-electron chi connectivity index (χ3n) is 4.91. The molecule has 2 amide bonds. The summed E-state index contributed by atoms with van der Waals surface area (Å²) >= 11 is 0. The third-order valence-corrected chi connectivity index (χ3v) is 4.91. The predicted octanol–water partition coefficient (Wildman–Crippen LogP) is 3.63. The number of carbonyl (C=O) groups is 3. The molecule has 2 aromatic rings. The van der Waals surface area contributed by atoms with Gasteiger partial charge in [0.25, 0.3) is 5.91 Å². The first kappa shape index (κ1) is 19.6. The van der Waals surface area contributed by atoms with E-state index in [1.807, 2.05) is 0 Å². The highest BCUT2D eigenvalue weighted by Gasteiger charge is 2.16. The van der Waals surface area contributed by atoms with E-state index in [0.717, 1.165) is 25.7 Å². The predicted molar refractivity (Wildman–Crippen MR) is 107 cm³/mol. The van der Waals surface area contributed by atoms with Crippen LogP contribution in [-0.2, 0) is 11.2 Å². The molecule has 0 spiro atoms. The average Bonchev–Trinajstić information content (AvgIpc) is 2.69. The Balaban J connectivity index is 1.54. The van der Waals surface area contributed by atoms with Crippen LogP contribution in [0, 0.1) is 0 Å². The summed E-state index contributed by atoms with van der Waals surface area (Å²) in [5.41, 5.74) is 1.94. The summed E-state index contributed by atoms with van der Waals surface area (Å²) in [6.07, 6.45) is 5.69. The lowest BCUT2D eigenvalue weighted by Crippen LogP contribution is -2.36. The van der Waals surface area contributed by atoms with Crippen molar-refractivity contribution in [1.82, 2.24) is 5.32 Å². The van der Waals surface area contributed by atoms with Crippen molar-refractivity contribution in [3.05, 3.63) is 65.2 Å². The summed E-state index contributed by atoms with van der Waals surface area (Å²) in [5, 5.41) is 14.9. The van der Waals surface area contributed by atoms with E-state index < -0.39 is 5.97 Å². The van der Waals surface area contributed by atoms with Crippen LogP contribution in [0.15, 0.2) is 48.5 Å². The lowest BCUT2D eigenvalue weighted by Gasteiger charge is -2.22. The van der Waals surface area contributed by atoms with Crippen LogP contribution in [-0.4, -0.2) is 28.9 Å². The zero-order chi connectivity index (χ0) is 19.9. The molecule has 0 atom stereocenters. The topological polar surface area (TPSA) is 95.5 Å². The van der Waals surface area contributed by atoms with Crippen LogP contribution in [0.4, 0.5) is 5.69 Å². The molecule has 2 aromatic carbocycles. The Kier molecular flexibility index (Phi) is 6.42. The Bertz CT molecular complexity index is 855. The fourth-order valence-electron chi connectivity index (χ4n) is 3.43. The van der Waals surface area contributed by atoms with Gasteiger partial charge in [0.05, 0.1) is 12.0 Å². The standard InChI is InChI=1S/C22H24N2O4/c25-20(14-15-5-4-6-17(13-15)22(27)28)23-19-11-9-16(10-12-19)21(26)24-18-7-2-1-3-8-18/h4-6,9-13,18H,1-3,7-8,14H2,(H,23,25)(H,24,26)(H,27,28). The molecular formula is C22H24N2O4. The van der Waals surface area contributed by atoms with Crippen molar-refractivity contribution in [2.75, 3.05) is 5.32 Å². The van der Waals surface area contributed by atoms with Gasteiger partial charge >= 0.3 is 5.97 Å². The van der Waals surface area contributed by atoms with Gasteiger partial charge in [-0.1, -0.05) is 31.4 Å². The molecule has 0 saturated heterocycles. The maximum Gasteiger partial charge on any atom is 0.335 e. The molecule has 0 aromatic heterocycles. The molecule has 0 heterocycles. The van der Waals surface area contributed by atoms with Crippen molar-refractivity contribution >= 4 is 23.5 Å². The van der Waals surface area contributed by atoms with Gasteiger partial charge in [0.15, 0.2) is 0 Å². The Morgan fingerprint density at radius 3 is 2.32 bits per heavy atom. The largest absolute Gasteiger partial charge is 0.478 e. The van der Waals surface area contributed by atoms with Crippen LogP contribution >= 0.6 is 0 Å². The van der Waals surface area contributed by atoms with Gasteiger partial charge in [-0.3, -0.25) is 9.59 Å². The van der Waals surface area contributed by atoms with Crippen LogP contribution in [0.1, 0.15) is 58.4 Å². The molecule has 0 aliphatic heterocycles. The van der Waals surface area contributed by atoms with Crippen LogP contribution in [0.3, 0.4) is 0 Å². The van der Waals surface area contributed by atoms with Gasteiger partial charge in [0.2, 0.25) is 5.91 Å². The highest BCUT2D eigenvalue weighted by molar-refractivity contribution is 5.96. The highest BCUT2D eigenvalue weighted by atomic mass is 16.4. The fourth-order valence-corrected chi connectivity index (χ4v) is 3.43. The van der Waals surface area contributed by atoms with Crippen LogP contribution in [0.25, 0.3) is 0 Å². The van der Waals surface area contributed by atoms with E-state index in [2.05, 4.69) is 10.6 Å². The molecule has 3 rings (SSSR count). The van der Waals surface area contributed by atoms with E-state index in [1.54, 1.807) is 36.4 Å². The van der Waals surface area contributed by atoms with Gasteiger partial charge in [0.1, 0.15) is 0 Å². The van der Waals surface area contributed by atoms with Gasteiger partial charge in [0, 0.05) is 17.3 Å². The molecule has 1 aliphatic carbocycles. The van der Waals surface area contributed by atoms with E-state index in [-0.39, 0.29) is 29.8 Å². The number of nitrogens with one attached hydrogen (secondary N) is 2. The normalized spacial score (nSPS) is 14.3. The first-order chi connectivity index (χ1) is 13.5. The summed E-state index contributed by atoms with van der Waals surface area (Å²) in [4.78, 5) is 35.5. The number of carbonyl (C=O) groups excluding carboxylic acids is 2. The maximum atomic E-state index is 12.3. The zero-order valence-corrected chi connectivity index (χ0v) is 15.6. The molecule has 1 fully saturated rings. The number of benzene rings is 2. The lowest BCUT2D eigenvalue weighted by atomic mass is 9.95. The molecule has 0 unspecified atom stereocenters. The number of carboxylic acids is 1. The first-order valence-electron chi connectivity index (χ1n) is 9.54. The Hall–Kier alpha value is -3.15. The number of carboxylic acid groups (broad SMARTS) is 1. The molecule has 0 radical (unpaired) electrons. The minimum absolute atomic E-state index is 0.0744. The first-order valence-corrected chi connectivity index (χ1v) is 9.54. The van der Waals surface area contributed by atoms with Gasteiger partial charge in [-0.15, -0.1) is 0 Å². The van der Waals surface area contributed by atoms with Crippen molar-refractivity contribution in [3.63, 3.8) is 0 Å². The molecule has 6 nitrogen and oxygen atoms in total. The summed E-state index contributed by atoms with van der Waals surface area (Å²) in [5.74, 6) is -1.36. The lowest BCUT2D eigenvalue weighted by molar-refractivity contribution is -0.115. The molecule has 0 bridgehead atoms. The molecule has 6 heteroatoms. The van der Waals surface area contributed by atoms with E-state index in [9.17, 15) is 14.4 Å². The third kappa shape index (κ3) is 5.42. The number of hydrogen-bond acceptors (Lipinski definition) is 3. The van der Waals surface area contributed by atoms with E-state index in [4.69, 9.17) is 5.11 Å². The second kappa shape index (κ2) is 9.17. The van der Waals surface area contributed by atoms with Gasteiger partial charge in [-0.25, -0.2) is 4.79 Å². The zero-order valence-electron chi connectivity index (χ0n) is 15.6. The molecule has 1 aliphatic rings. The SMILES string of the molecule is O=C(Cc1cccc(C(=O)O)c1)Nc1ccc(C(=O)NC2CCCCC2)cc1. The average molecular weight is 380 g/mol. The van der Waals surface area contributed by atoms with Gasteiger partial charge in [-0.05, 0) is 54.8 Å². The van der Waals surface area contributed by atoms with Crippen molar-refractivity contribution in [3.8, 4) is 0 Å². The number of amides is 2. The second-order valence-corrected chi connectivity index (χ2v) is 7.12. The minimum Gasteiger partial charge on any atom is -0.478 e. The summed E-state index contributed by atoms with van der Waals surface area (Å²) < 4.78 is 0. The van der Waals surface area contributed by atoms with Crippen molar-refractivity contribution in [1.29, 1.82) is 0 Å². The Morgan fingerprint density at radius 2 is 1.64 bits per heavy atom. The number of rotatable bonds is 6. The number of aromatic carboxylic acids is 1. The Labute approximate surface area is 164 Å². The van der Waals surface area contributed by atoms with Crippen LogP contribution in [0.2, 0.25) is 0 Å². The van der Waals surface area contributed by atoms with Gasteiger partial charge in [-0.2, -0.15) is 0 Å². The smallest absolute Gasteiger partial charge is 0.335 e. The summed E-state index contributed by atoms with van der Waals surface area (Å²) in [7, 11) is 0. The van der Waals surface area contributed by atoms with E-state index >= 15 is 0 Å². The molecule has 1 saturated carbocycles. The van der Waals surface area contributed by atoms with Crippen molar-refractivity contribution in [2.45, 2.75) is 44.6 Å². The van der Waals surface area contributed by atoms with Crippen molar-refractivity contribution in [2.24, 2.45) is 0 Å². The summed E-state index contributed by atoms with van der Waals surface area (Å²) in [6.45, 7) is 0. The quantitative estimate of drug-likeness (QED) is 0.713. The fraction of sp³-hybridized carbons (Fsp3) is 0.318. The molecular weight excluding hydrogens is 356 g/mol. The second-order valence-electron chi connectivity index (χ2n) is 7.12. The van der Waals surface area contributed by atoms with Gasteiger partial charge < -0.3 is 15.7 Å². The number of anilines is 1. The molecule has 146 valence electrons. The maximum absolute atomic E-state index is 12.3. The molecule has 3 N–H and O–H groups in total. The highest BCUT2D eigenvalue weighted by Crippen LogP contribution is 2.18. The van der Waals surface area contributed by atoms with E-state index in [1.165, 1.54) is 18.6 Å². The van der Waals surface area contributed by atoms with Crippen molar-refractivity contribution < 1.29 is 19.5 Å². The van der Waals surface area contributed by atoms with Crippen LogP contribution < -0.4 is 10.6 Å². The van der Waals surface area contributed by atoms with E-state index in [0.29, 0.717) is 16.8 Å².